The van der Waals surface area contributed by atoms with E-state index in [4.69, 9.17) is 16.3 Å². The Balaban J connectivity index is 1.88. The van der Waals surface area contributed by atoms with E-state index in [1.165, 1.54) is 7.11 Å². The number of carbonyl (C=O) groups is 2. The number of rotatable bonds is 5. The molecule has 1 aliphatic carbocycles. The Morgan fingerprint density at radius 1 is 1.35 bits per heavy atom. The standard InChI is InChI=1S/C14H17ClN2O3/c1-20-12(10-4-2-3-5-11(10)15)8-16-13(18)14(19)17-9-6-7-9/h2-5,9,12H,6-8H2,1H3,(H,16,18)(H,17,19). The van der Waals surface area contributed by atoms with Gasteiger partial charge in [0.25, 0.3) is 0 Å². The van der Waals surface area contributed by atoms with Gasteiger partial charge in [-0.05, 0) is 18.9 Å². The first-order chi connectivity index (χ1) is 9.61. The lowest BCUT2D eigenvalue weighted by atomic mass is 10.1. The van der Waals surface area contributed by atoms with E-state index in [2.05, 4.69) is 10.6 Å². The lowest BCUT2D eigenvalue weighted by Crippen LogP contribution is -2.42. The first-order valence-electron chi connectivity index (χ1n) is 6.47. The van der Waals surface area contributed by atoms with Crippen molar-refractivity contribution in [3.8, 4) is 0 Å². The molecule has 1 aromatic carbocycles. The molecule has 108 valence electrons. The summed E-state index contributed by atoms with van der Waals surface area (Å²) in [4.78, 5) is 23.1. The van der Waals surface area contributed by atoms with Crippen molar-refractivity contribution in [1.29, 1.82) is 0 Å². The van der Waals surface area contributed by atoms with Gasteiger partial charge in [-0.3, -0.25) is 9.59 Å². The molecule has 5 nitrogen and oxygen atoms in total. The van der Waals surface area contributed by atoms with Crippen molar-refractivity contribution < 1.29 is 14.3 Å². The van der Waals surface area contributed by atoms with E-state index in [1.54, 1.807) is 6.07 Å². The molecule has 20 heavy (non-hydrogen) atoms. The number of carbonyl (C=O) groups excluding carboxylic acids is 2. The summed E-state index contributed by atoms with van der Waals surface area (Å²) in [7, 11) is 1.53. The maximum absolute atomic E-state index is 11.6. The molecule has 1 fully saturated rings. The van der Waals surface area contributed by atoms with Gasteiger partial charge in [0, 0.05) is 30.3 Å². The highest BCUT2D eigenvalue weighted by atomic mass is 35.5. The molecule has 2 amide bonds. The van der Waals surface area contributed by atoms with Crippen LogP contribution in [-0.4, -0.2) is 31.5 Å². The van der Waals surface area contributed by atoms with Crippen molar-refractivity contribution >= 4 is 23.4 Å². The maximum Gasteiger partial charge on any atom is 0.309 e. The third-order valence-electron chi connectivity index (χ3n) is 3.10. The summed E-state index contributed by atoms with van der Waals surface area (Å²) >= 11 is 6.08. The molecular formula is C14H17ClN2O3. The highest BCUT2D eigenvalue weighted by Gasteiger charge is 2.26. The predicted octanol–water partition coefficient (Wildman–Crippen LogP) is 1.42. The zero-order chi connectivity index (χ0) is 14.5. The lowest BCUT2D eigenvalue weighted by Gasteiger charge is -2.17. The minimum Gasteiger partial charge on any atom is -0.375 e. The van der Waals surface area contributed by atoms with E-state index in [9.17, 15) is 9.59 Å². The number of hydrogen-bond acceptors (Lipinski definition) is 3. The van der Waals surface area contributed by atoms with Gasteiger partial charge < -0.3 is 15.4 Å². The van der Waals surface area contributed by atoms with E-state index < -0.39 is 11.8 Å². The molecule has 1 unspecified atom stereocenters. The van der Waals surface area contributed by atoms with Crippen LogP contribution >= 0.6 is 11.6 Å². The first-order valence-corrected chi connectivity index (χ1v) is 6.85. The van der Waals surface area contributed by atoms with Crippen LogP contribution in [0.2, 0.25) is 5.02 Å². The normalized spacial score (nSPS) is 15.5. The molecule has 1 aliphatic rings. The minimum absolute atomic E-state index is 0.162. The average Bonchev–Trinajstić information content (AvgIpc) is 3.24. The molecule has 0 heterocycles. The first kappa shape index (κ1) is 14.8. The molecular weight excluding hydrogens is 280 g/mol. The van der Waals surface area contributed by atoms with E-state index >= 15 is 0 Å². The quantitative estimate of drug-likeness (QED) is 0.808. The number of hydrogen-bond donors (Lipinski definition) is 2. The number of halogens is 1. The summed E-state index contributed by atoms with van der Waals surface area (Å²) in [6, 6.07) is 7.40. The lowest BCUT2D eigenvalue weighted by molar-refractivity contribution is -0.139. The second kappa shape index (κ2) is 6.72. The summed E-state index contributed by atoms with van der Waals surface area (Å²) in [6.07, 6.45) is 1.50. The minimum atomic E-state index is -0.647. The molecule has 1 atom stereocenters. The number of amides is 2. The van der Waals surface area contributed by atoms with E-state index in [0.717, 1.165) is 18.4 Å². The summed E-state index contributed by atoms with van der Waals surface area (Å²) < 4.78 is 5.31. The maximum atomic E-state index is 11.6. The Morgan fingerprint density at radius 3 is 2.65 bits per heavy atom. The van der Waals surface area contributed by atoms with Gasteiger partial charge in [0.1, 0.15) is 6.10 Å². The molecule has 2 rings (SSSR count). The van der Waals surface area contributed by atoms with Gasteiger partial charge in [0.15, 0.2) is 0 Å². The van der Waals surface area contributed by atoms with Crippen molar-refractivity contribution in [3.05, 3.63) is 34.9 Å². The molecule has 0 spiro atoms. The van der Waals surface area contributed by atoms with Crippen LogP contribution in [-0.2, 0) is 14.3 Å². The van der Waals surface area contributed by atoms with Crippen LogP contribution in [0.4, 0.5) is 0 Å². The second-order valence-corrected chi connectivity index (χ2v) is 5.11. The van der Waals surface area contributed by atoms with Crippen molar-refractivity contribution in [1.82, 2.24) is 10.6 Å². The van der Waals surface area contributed by atoms with Gasteiger partial charge in [0.2, 0.25) is 0 Å². The number of ether oxygens (including phenoxy) is 1. The largest absolute Gasteiger partial charge is 0.375 e. The summed E-state index contributed by atoms with van der Waals surface area (Å²) in [5.74, 6) is -1.24. The second-order valence-electron chi connectivity index (χ2n) is 4.70. The third kappa shape index (κ3) is 3.95. The number of benzene rings is 1. The monoisotopic (exact) mass is 296 g/mol. The van der Waals surface area contributed by atoms with Crippen LogP contribution in [0.25, 0.3) is 0 Å². The van der Waals surface area contributed by atoms with E-state index in [0.29, 0.717) is 5.02 Å². The fourth-order valence-corrected chi connectivity index (χ4v) is 2.06. The van der Waals surface area contributed by atoms with Gasteiger partial charge in [-0.15, -0.1) is 0 Å². The molecule has 0 aromatic heterocycles. The van der Waals surface area contributed by atoms with Gasteiger partial charge in [-0.1, -0.05) is 29.8 Å². The molecule has 6 heteroatoms. The molecule has 1 aromatic rings. The van der Waals surface area contributed by atoms with Gasteiger partial charge in [-0.2, -0.15) is 0 Å². The zero-order valence-electron chi connectivity index (χ0n) is 11.2. The molecule has 2 N–H and O–H groups in total. The van der Waals surface area contributed by atoms with Crippen LogP contribution in [0, 0.1) is 0 Å². The van der Waals surface area contributed by atoms with Crippen LogP contribution in [0.15, 0.2) is 24.3 Å². The molecule has 0 saturated heterocycles. The van der Waals surface area contributed by atoms with Crippen LogP contribution in [0.3, 0.4) is 0 Å². The molecule has 0 bridgehead atoms. The Bertz CT molecular complexity index is 503. The Hall–Kier alpha value is -1.59. The van der Waals surface area contributed by atoms with Crippen molar-refractivity contribution in [2.75, 3.05) is 13.7 Å². The summed E-state index contributed by atoms with van der Waals surface area (Å²) in [5, 5.41) is 5.75. The van der Waals surface area contributed by atoms with Crippen LogP contribution in [0.1, 0.15) is 24.5 Å². The topological polar surface area (TPSA) is 67.4 Å². The molecule has 0 aliphatic heterocycles. The zero-order valence-corrected chi connectivity index (χ0v) is 11.9. The fourth-order valence-electron chi connectivity index (χ4n) is 1.80. The van der Waals surface area contributed by atoms with Gasteiger partial charge in [0.05, 0.1) is 0 Å². The Labute approximate surface area is 122 Å². The van der Waals surface area contributed by atoms with Crippen molar-refractivity contribution in [3.63, 3.8) is 0 Å². The fraction of sp³-hybridized carbons (Fsp3) is 0.429. The molecule has 0 radical (unpaired) electrons. The van der Waals surface area contributed by atoms with E-state index in [1.807, 2.05) is 18.2 Å². The highest BCUT2D eigenvalue weighted by molar-refractivity contribution is 6.35. The van der Waals surface area contributed by atoms with Crippen LogP contribution in [0.5, 0.6) is 0 Å². The number of methoxy groups -OCH3 is 1. The Morgan fingerprint density at radius 2 is 2.05 bits per heavy atom. The number of nitrogens with one attached hydrogen (secondary N) is 2. The smallest absolute Gasteiger partial charge is 0.309 e. The van der Waals surface area contributed by atoms with Crippen molar-refractivity contribution in [2.45, 2.75) is 25.0 Å². The predicted molar refractivity (Wildman–Crippen MR) is 75.4 cm³/mol. The summed E-state index contributed by atoms with van der Waals surface area (Å²) in [5.41, 5.74) is 0.777. The third-order valence-corrected chi connectivity index (χ3v) is 3.45. The van der Waals surface area contributed by atoms with Crippen LogP contribution < -0.4 is 10.6 Å². The van der Waals surface area contributed by atoms with Crippen molar-refractivity contribution in [2.24, 2.45) is 0 Å². The van der Waals surface area contributed by atoms with Gasteiger partial charge >= 0.3 is 11.8 Å². The average molecular weight is 297 g/mol. The van der Waals surface area contributed by atoms with E-state index in [-0.39, 0.29) is 18.7 Å². The summed E-state index contributed by atoms with van der Waals surface area (Å²) in [6.45, 7) is 0.192. The SMILES string of the molecule is COC(CNC(=O)C(=O)NC1CC1)c1ccccc1Cl. The van der Waals surface area contributed by atoms with Gasteiger partial charge in [-0.25, -0.2) is 0 Å². The highest BCUT2D eigenvalue weighted by Crippen LogP contribution is 2.24. The molecule has 1 saturated carbocycles. The Kier molecular flexibility index (Phi) is 4.98.